The molecule has 0 spiro atoms. The highest BCUT2D eigenvalue weighted by Crippen LogP contribution is 2.00. The Kier molecular flexibility index (Phi) is 3.81. The zero-order valence-electron chi connectivity index (χ0n) is 4.57. The summed E-state index contributed by atoms with van der Waals surface area (Å²) in [5.74, 6) is -0.179. The van der Waals surface area contributed by atoms with Gasteiger partial charge in [-0.25, -0.2) is 0 Å². The van der Waals surface area contributed by atoms with Crippen molar-refractivity contribution >= 4 is 23.0 Å². The molecule has 0 bridgehead atoms. The van der Waals surface area contributed by atoms with Crippen molar-refractivity contribution in [2.45, 2.75) is 0 Å². The van der Waals surface area contributed by atoms with E-state index < -0.39 is 11.7 Å². The highest BCUT2D eigenvalue weighted by Gasteiger charge is 1.96. The van der Waals surface area contributed by atoms with Crippen molar-refractivity contribution in [1.82, 2.24) is 0 Å². The van der Waals surface area contributed by atoms with Gasteiger partial charge in [-0.15, -0.1) is 0 Å². The molecule has 5 nitrogen and oxygen atoms in total. The molecule has 0 fully saturated rings. The third-order valence-corrected chi connectivity index (χ3v) is 1.02. The number of aliphatic hydroxyl groups excluding tert-OH is 1. The molecular formula is C3H7N3O2S. The van der Waals surface area contributed by atoms with E-state index in [0.717, 1.165) is 0 Å². The molecule has 0 aromatic carbocycles. The lowest BCUT2D eigenvalue weighted by Gasteiger charge is -1.87. The number of carbonyl (C=O) groups is 1. The van der Waals surface area contributed by atoms with Gasteiger partial charge in [0.05, 0.1) is 11.9 Å². The van der Waals surface area contributed by atoms with Gasteiger partial charge in [0.25, 0.3) is 0 Å². The third kappa shape index (κ3) is 5.12. The van der Waals surface area contributed by atoms with E-state index in [-0.39, 0.29) is 5.96 Å². The van der Waals surface area contributed by atoms with Crippen LogP contribution in [0.3, 0.4) is 0 Å². The molecule has 0 heterocycles. The predicted molar refractivity (Wildman–Crippen MR) is 35.5 cm³/mol. The fraction of sp³-hybridized carbons (Fsp3) is 0.333. The monoisotopic (exact) mass is 149 g/mol. The van der Waals surface area contributed by atoms with E-state index in [1.807, 2.05) is 0 Å². The fourth-order valence-electron chi connectivity index (χ4n) is 0.132. The molecular weight excluding hydrogens is 142 g/mol. The van der Waals surface area contributed by atoms with Crippen LogP contribution in [0.4, 0.5) is 0 Å². The number of nitrogens with zero attached hydrogens (tertiary/aromatic N) is 1. The summed E-state index contributed by atoms with van der Waals surface area (Å²) in [5, 5.41) is 7.64. The average molecular weight is 149 g/mol. The molecule has 0 saturated heterocycles. The summed E-state index contributed by atoms with van der Waals surface area (Å²) in [6.07, 6.45) is 0. The van der Waals surface area contributed by atoms with Crippen molar-refractivity contribution in [3.8, 4) is 0 Å². The maximum absolute atomic E-state index is 10.2. The first-order chi connectivity index (χ1) is 4.16. The van der Waals surface area contributed by atoms with Crippen LogP contribution in [0.2, 0.25) is 0 Å². The summed E-state index contributed by atoms with van der Waals surface area (Å²) < 4.78 is 3.27. The molecule has 0 aliphatic heterocycles. The summed E-state index contributed by atoms with van der Waals surface area (Å²) in [6.45, 7) is -0.554. The van der Waals surface area contributed by atoms with E-state index in [0.29, 0.717) is 11.9 Å². The standard InChI is InChI=1S/C3H7N3O2S/c4-3(5)6-9-2(8)1-7/h7H,1H2,(H4,4,5,6). The number of guanidine groups is 1. The Hall–Kier alpha value is -0.750. The molecule has 9 heavy (non-hydrogen) atoms. The van der Waals surface area contributed by atoms with Crippen molar-refractivity contribution in [3.63, 3.8) is 0 Å². The number of hydrogen-bond donors (Lipinski definition) is 3. The molecule has 0 aliphatic rings. The molecule has 6 heteroatoms. The number of aliphatic hydroxyl groups is 1. The average Bonchev–Trinajstić information content (AvgIpc) is 1.83. The molecule has 52 valence electrons. The first kappa shape index (κ1) is 8.25. The van der Waals surface area contributed by atoms with E-state index in [1.54, 1.807) is 0 Å². The minimum Gasteiger partial charge on any atom is -0.388 e. The van der Waals surface area contributed by atoms with Gasteiger partial charge in [-0.1, -0.05) is 0 Å². The Morgan fingerprint density at radius 3 is 2.56 bits per heavy atom. The Morgan fingerprint density at radius 1 is 1.67 bits per heavy atom. The van der Waals surface area contributed by atoms with Crippen molar-refractivity contribution in [1.29, 1.82) is 0 Å². The van der Waals surface area contributed by atoms with Crippen LogP contribution in [-0.4, -0.2) is 22.8 Å². The smallest absolute Gasteiger partial charge is 0.236 e. The van der Waals surface area contributed by atoms with Gasteiger partial charge in [-0.3, -0.25) is 4.79 Å². The molecule has 0 radical (unpaired) electrons. The second-order valence-corrected chi connectivity index (χ2v) is 1.96. The molecule has 0 aromatic heterocycles. The van der Waals surface area contributed by atoms with Crippen LogP contribution < -0.4 is 11.5 Å². The van der Waals surface area contributed by atoms with Gasteiger partial charge in [-0.05, 0) is 0 Å². The van der Waals surface area contributed by atoms with E-state index in [4.69, 9.17) is 16.6 Å². The zero-order valence-corrected chi connectivity index (χ0v) is 5.39. The van der Waals surface area contributed by atoms with Crippen LogP contribution in [0.5, 0.6) is 0 Å². The Balaban J connectivity index is 3.50. The molecule has 0 atom stereocenters. The minimum absolute atomic E-state index is 0.179. The Bertz CT molecular complexity index is 131. The number of nitrogens with two attached hydrogens (primary N) is 2. The van der Waals surface area contributed by atoms with Crippen molar-refractivity contribution in [3.05, 3.63) is 0 Å². The molecule has 0 amide bonds. The van der Waals surface area contributed by atoms with Gasteiger partial charge in [0.15, 0.2) is 5.96 Å². The van der Waals surface area contributed by atoms with Gasteiger partial charge in [0.2, 0.25) is 5.12 Å². The Morgan fingerprint density at radius 2 is 2.22 bits per heavy atom. The predicted octanol–water partition coefficient (Wildman–Crippen LogP) is -1.57. The SMILES string of the molecule is NC(N)=NSC(=O)CO. The lowest BCUT2D eigenvalue weighted by molar-refractivity contribution is -0.113. The Labute approximate surface area is 56.3 Å². The number of rotatable bonds is 2. The fourth-order valence-corrected chi connectivity index (χ4v) is 0.397. The van der Waals surface area contributed by atoms with Crippen molar-refractivity contribution in [2.24, 2.45) is 15.9 Å². The normalized spacial score (nSPS) is 8.56. The first-order valence-corrected chi connectivity index (χ1v) is 2.83. The van der Waals surface area contributed by atoms with Gasteiger partial charge < -0.3 is 16.6 Å². The quantitative estimate of drug-likeness (QED) is 0.250. The van der Waals surface area contributed by atoms with Crippen molar-refractivity contribution in [2.75, 3.05) is 6.61 Å². The lowest BCUT2D eigenvalue weighted by Crippen LogP contribution is -2.22. The minimum atomic E-state index is -0.554. The molecule has 0 rings (SSSR count). The van der Waals surface area contributed by atoms with E-state index in [1.165, 1.54) is 0 Å². The summed E-state index contributed by atoms with van der Waals surface area (Å²) in [4.78, 5) is 10.2. The van der Waals surface area contributed by atoms with Gasteiger partial charge in [0, 0.05) is 0 Å². The number of hydrogen-bond acceptors (Lipinski definition) is 4. The maximum Gasteiger partial charge on any atom is 0.236 e. The highest BCUT2D eigenvalue weighted by atomic mass is 32.2. The molecule has 0 unspecified atom stereocenters. The molecule has 0 aromatic rings. The maximum atomic E-state index is 10.2. The van der Waals surface area contributed by atoms with E-state index in [2.05, 4.69) is 4.40 Å². The highest BCUT2D eigenvalue weighted by molar-refractivity contribution is 8.12. The van der Waals surface area contributed by atoms with Crippen LogP contribution in [0.25, 0.3) is 0 Å². The molecule has 0 aliphatic carbocycles. The van der Waals surface area contributed by atoms with Crippen LogP contribution in [0.1, 0.15) is 0 Å². The summed E-state index contributed by atoms with van der Waals surface area (Å²) >= 11 is 0.534. The van der Waals surface area contributed by atoms with Gasteiger partial charge >= 0.3 is 0 Å². The van der Waals surface area contributed by atoms with E-state index >= 15 is 0 Å². The largest absolute Gasteiger partial charge is 0.388 e. The lowest BCUT2D eigenvalue weighted by atomic mass is 10.8. The third-order valence-electron chi connectivity index (χ3n) is 0.382. The van der Waals surface area contributed by atoms with Crippen LogP contribution >= 0.6 is 11.9 Å². The van der Waals surface area contributed by atoms with Crippen LogP contribution in [0.15, 0.2) is 4.40 Å². The summed E-state index contributed by atoms with van der Waals surface area (Å²) in [7, 11) is 0. The summed E-state index contributed by atoms with van der Waals surface area (Å²) in [5.41, 5.74) is 9.74. The van der Waals surface area contributed by atoms with Crippen LogP contribution in [-0.2, 0) is 4.79 Å². The van der Waals surface area contributed by atoms with E-state index in [9.17, 15) is 4.79 Å². The van der Waals surface area contributed by atoms with Crippen molar-refractivity contribution < 1.29 is 9.90 Å². The van der Waals surface area contributed by atoms with Gasteiger partial charge in [-0.2, -0.15) is 4.40 Å². The second kappa shape index (κ2) is 4.16. The van der Waals surface area contributed by atoms with Crippen LogP contribution in [0, 0.1) is 0 Å². The zero-order chi connectivity index (χ0) is 7.28. The second-order valence-electron chi connectivity index (χ2n) is 1.14. The molecule has 0 saturated carbocycles. The summed E-state index contributed by atoms with van der Waals surface area (Å²) in [6, 6.07) is 0. The van der Waals surface area contributed by atoms with Gasteiger partial charge in [0.1, 0.15) is 6.61 Å². The number of carbonyl (C=O) groups excluding carboxylic acids is 1. The topological polar surface area (TPSA) is 102 Å². The molecule has 5 N–H and O–H groups in total. The first-order valence-electron chi connectivity index (χ1n) is 2.06.